The van der Waals surface area contributed by atoms with Gasteiger partial charge in [0.25, 0.3) is 5.69 Å². The number of hydrogen-bond donors (Lipinski definition) is 2. The Bertz CT molecular complexity index is 461. The molecule has 0 heterocycles. The normalized spacial score (nSPS) is 9.20. The molecule has 0 fully saturated rings. The van der Waals surface area contributed by atoms with Crippen molar-refractivity contribution in [3.05, 3.63) is 31.4 Å². The van der Waals surface area contributed by atoms with E-state index in [2.05, 4.69) is 11.8 Å². The molecule has 0 radical (unpaired) electrons. The van der Waals surface area contributed by atoms with E-state index in [9.17, 15) is 15.2 Å². The third-order valence-electron chi connectivity index (χ3n) is 1.56. The molecule has 0 aromatic heterocycles. The standard InChI is InChI=1S/C9H6INO4/c10-8-5-7(11(14)15)4-6(9(8)13)2-1-3-12/h4-5,12-13H,3H2. The zero-order valence-corrected chi connectivity index (χ0v) is 9.56. The summed E-state index contributed by atoms with van der Waals surface area (Å²) >= 11 is 1.78. The second-order valence-electron chi connectivity index (χ2n) is 2.54. The van der Waals surface area contributed by atoms with Crippen LogP contribution in [0.1, 0.15) is 5.56 Å². The predicted octanol–water partition coefficient (Wildman–Crippen LogP) is 1.25. The summed E-state index contributed by atoms with van der Waals surface area (Å²) < 4.78 is 0.351. The Kier molecular flexibility index (Phi) is 3.88. The lowest BCUT2D eigenvalue weighted by molar-refractivity contribution is -0.385. The van der Waals surface area contributed by atoms with Gasteiger partial charge in [0.2, 0.25) is 0 Å². The van der Waals surface area contributed by atoms with Gasteiger partial charge in [0.15, 0.2) is 0 Å². The Labute approximate surface area is 99.0 Å². The van der Waals surface area contributed by atoms with Gasteiger partial charge in [-0.25, -0.2) is 0 Å². The van der Waals surface area contributed by atoms with Crippen LogP contribution in [0, 0.1) is 25.5 Å². The van der Waals surface area contributed by atoms with Crippen molar-refractivity contribution in [1.82, 2.24) is 0 Å². The molecule has 5 nitrogen and oxygen atoms in total. The third-order valence-corrected chi connectivity index (χ3v) is 2.38. The van der Waals surface area contributed by atoms with Gasteiger partial charge in [-0.15, -0.1) is 0 Å². The molecule has 15 heavy (non-hydrogen) atoms. The monoisotopic (exact) mass is 319 g/mol. The first-order valence-electron chi connectivity index (χ1n) is 3.83. The number of benzene rings is 1. The SMILES string of the molecule is O=[N+]([O-])c1cc(I)c(O)c(C#CCO)c1. The quantitative estimate of drug-likeness (QED) is 0.353. The van der Waals surface area contributed by atoms with Crippen LogP contribution in [0.4, 0.5) is 5.69 Å². The second-order valence-corrected chi connectivity index (χ2v) is 3.70. The minimum Gasteiger partial charge on any atom is -0.506 e. The maximum Gasteiger partial charge on any atom is 0.272 e. The highest BCUT2D eigenvalue weighted by Gasteiger charge is 2.13. The molecule has 0 amide bonds. The van der Waals surface area contributed by atoms with E-state index in [4.69, 9.17) is 5.11 Å². The van der Waals surface area contributed by atoms with Gasteiger partial charge in [0.05, 0.1) is 14.1 Å². The van der Waals surface area contributed by atoms with Gasteiger partial charge in [-0.3, -0.25) is 10.1 Å². The van der Waals surface area contributed by atoms with E-state index in [-0.39, 0.29) is 23.6 Å². The summed E-state index contributed by atoms with van der Waals surface area (Å²) in [6.07, 6.45) is 0. The number of phenolic OH excluding ortho intramolecular Hbond substituents is 1. The summed E-state index contributed by atoms with van der Waals surface area (Å²) in [4.78, 5) is 9.95. The Morgan fingerprint density at radius 1 is 1.53 bits per heavy atom. The summed E-state index contributed by atoms with van der Waals surface area (Å²) in [6, 6.07) is 2.42. The van der Waals surface area contributed by atoms with Crippen molar-refractivity contribution in [1.29, 1.82) is 0 Å². The summed E-state index contributed by atoms with van der Waals surface area (Å²) in [6.45, 7) is -0.362. The van der Waals surface area contributed by atoms with Crippen LogP contribution in [0.2, 0.25) is 0 Å². The highest BCUT2D eigenvalue weighted by Crippen LogP contribution is 2.28. The van der Waals surface area contributed by atoms with Crippen LogP contribution in [0.15, 0.2) is 12.1 Å². The van der Waals surface area contributed by atoms with E-state index in [0.29, 0.717) is 3.57 Å². The first-order valence-corrected chi connectivity index (χ1v) is 4.90. The van der Waals surface area contributed by atoms with Crippen molar-refractivity contribution in [2.75, 3.05) is 6.61 Å². The minimum absolute atomic E-state index is 0.109. The maximum atomic E-state index is 10.5. The van der Waals surface area contributed by atoms with Crippen LogP contribution in [0.3, 0.4) is 0 Å². The molecule has 2 N–H and O–H groups in total. The number of nitrogens with zero attached hydrogens (tertiary/aromatic N) is 1. The maximum absolute atomic E-state index is 10.5. The molecule has 0 aliphatic rings. The number of rotatable bonds is 1. The number of phenols is 1. The van der Waals surface area contributed by atoms with Crippen molar-refractivity contribution in [3.8, 4) is 17.6 Å². The molecule has 0 unspecified atom stereocenters. The van der Waals surface area contributed by atoms with Crippen LogP contribution in [0.25, 0.3) is 0 Å². The molecule has 0 saturated carbocycles. The van der Waals surface area contributed by atoms with Gasteiger partial charge in [-0.05, 0) is 22.6 Å². The molecule has 0 spiro atoms. The topological polar surface area (TPSA) is 83.6 Å². The molecule has 0 aliphatic carbocycles. The van der Waals surface area contributed by atoms with Gasteiger partial charge in [-0.2, -0.15) is 0 Å². The molecule has 0 bridgehead atoms. The fourth-order valence-electron chi connectivity index (χ4n) is 0.920. The number of halogens is 1. The van der Waals surface area contributed by atoms with Gasteiger partial charge >= 0.3 is 0 Å². The average molecular weight is 319 g/mol. The third kappa shape index (κ3) is 2.81. The number of aliphatic hydroxyl groups excluding tert-OH is 1. The lowest BCUT2D eigenvalue weighted by atomic mass is 10.2. The van der Waals surface area contributed by atoms with Crippen LogP contribution in [0.5, 0.6) is 5.75 Å². The average Bonchev–Trinajstić information content (AvgIpc) is 2.19. The number of nitro benzene ring substituents is 1. The number of nitro groups is 1. The minimum atomic E-state index is -0.564. The molecule has 1 rings (SSSR count). The number of non-ortho nitro benzene ring substituents is 1. The second kappa shape index (κ2) is 4.95. The van der Waals surface area contributed by atoms with E-state index in [1.165, 1.54) is 12.1 Å². The van der Waals surface area contributed by atoms with Crippen molar-refractivity contribution in [2.45, 2.75) is 0 Å². The first kappa shape index (κ1) is 11.7. The molecular formula is C9H6INO4. The molecule has 1 aromatic carbocycles. The summed E-state index contributed by atoms with van der Waals surface area (Å²) in [7, 11) is 0. The van der Waals surface area contributed by atoms with Gasteiger partial charge in [-0.1, -0.05) is 11.8 Å². The van der Waals surface area contributed by atoms with Crippen LogP contribution < -0.4 is 0 Å². The highest BCUT2D eigenvalue weighted by molar-refractivity contribution is 14.1. The van der Waals surface area contributed by atoms with E-state index in [1.807, 2.05) is 0 Å². The molecule has 1 aromatic rings. The smallest absolute Gasteiger partial charge is 0.272 e. The van der Waals surface area contributed by atoms with E-state index in [0.717, 1.165) is 0 Å². The Hall–Kier alpha value is -1.33. The zero-order valence-electron chi connectivity index (χ0n) is 7.40. The van der Waals surface area contributed by atoms with Crippen molar-refractivity contribution in [3.63, 3.8) is 0 Å². The van der Waals surface area contributed by atoms with Gasteiger partial charge < -0.3 is 10.2 Å². The molecule has 0 aliphatic heterocycles. The van der Waals surface area contributed by atoms with Crippen LogP contribution in [-0.4, -0.2) is 21.7 Å². The van der Waals surface area contributed by atoms with Gasteiger partial charge in [0.1, 0.15) is 12.4 Å². The van der Waals surface area contributed by atoms with Crippen molar-refractivity contribution < 1.29 is 15.1 Å². The van der Waals surface area contributed by atoms with E-state index >= 15 is 0 Å². The molecule has 78 valence electrons. The van der Waals surface area contributed by atoms with Gasteiger partial charge in [0, 0.05) is 12.1 Å². The number of hydrogen-bond acceptors (Lipinski definition) is 4. The molecule has 6 heteroatoms. The number of aromatic hydroxyl groups is 1. The Morgan fingerprint density at radius 2 is 2.20 bits per heavy atom. The van der Waals surface area contributed by atoms with E-state index in [1.54, 1.807) is 22.6 Å². The Morgan fingerprint density at radius 3 is 2.73 bits per heavy atom. The van der Waals surface area contributed by atoms with Crippen LogP contribution >= 0.6 is 22.6 Å². The molecular weight excluding hydrogens is 313 g/mol. The number of aliphatic hydroxyl groups is 1. The van der Waals surface area contributed by atoms with Crippen molar-refractivity contribution in [2.24, 2.45) is 0 Å². The highest BCUT2D eigenvalue weighted by atomic mass is 127. The Balaban J connectivity index is 3.31. The fraction of sp³-hybridized carbons (Fsp3) is 0.111. The lowest BCUT2D eigenvalue weighted by Crippen LogP contribution is -1.91. The summed E-state index contributed by atoms with van der Waals surface area (Å²) in [5, 5.41) is 28.5. The fourth-order valence-corrected chi connectivity index (χ4v) is 1.53. The predicted molar refractivity (Wildman–Crippen MR) is 61.4 cm³/mol. The van der Waals surface area contributed by atoms with Crippen LogP contribution in [-0.2, 0) is 0 Å². The van der Waals surface area contributed by atoms with E-state index < -0.39 is 4.92 Å². The largest absolute Gasteiger partial charge is 0.506 e. The lowest BCUT2D eigenvalue weighted by Gasteiger charge is -2.00. The molecule has 0 atom stereocenters. The zero-order chi connectivity index (χ0) is 11.4. The summed E-state index contributed by atoms with van der Waals surface area (Å²) in [5.74, 6) is 4.65. The molecule has 0 saturated heterocycles. The van der Waals surface area contributed by atoms with Crippen molar-refractivity contribution >= 4 is 28.3 Å². The summed E-state index contributed by atoms with van der Waals surface area (Å²) in [5.41, 5.74) is 0.00193. The first-order chi connectivity index (χ1) is 7.06.